The van der Waals surface area contributed by atoms with Crippen LogP contribution in [0.1, 0.15) is 28.8 Å². The lowest BCUT2D eigenvalue weighted by Gasteiger charge is -2.12. The number of nitrogens with zero attached hydrogens (tertiary/aromatic N) is 1. The van der Waals surface area contributed by atoms with Crippen molar-refractivity contribution in [3.8, 4) is 11.3 Å². The van der Waals surface area contributed by atoms with Gasteiger partial charge in [-0.2, -0.15) is 0 Å². The van der Waals surface area contributed by atoms with E-state index in [4.69, 9.17) is 23.2 Å². The number of nitrogens with one attached hydrogen (secondary N) is 2. The number of carboxylic acid groups (broad SMARTS) is 1. The first-order valence-electron chi connectivity index (χ1n) is 12.2. The average Bonchev–Trinajstić information content (AvgIpc) is 2.94. The number of benzene rings is 3. The van der Waals surface area contributed by atoms with E-state index in [1.54, 1.807) is 54.6 Å². The summed E-state index contributed by atoms with van der Waals surface area (Å²) in [5.41, 5.74) is 3.75. The van der Waals surface area contributed by atoms with E-state index < -0.39 is 17.9 Å². The summed E-state index contributed by atoms with van der Waals surface area (Å²) in [7, 11) is 0. The van der Waals surface area contributed by atoms with Gasteiger partial charge in [0.2, 0.25) is 0 Å². The summed E-state index contributed by atoms with van der Waals surface area (Å²) in [5.74, 6) is -1.95. The first-order valence-corrected chi connectivity index (χ1v) is 12.9. The highest BCUT2D eigenvalue weighted by atomic mass is 35.5. The van der Waals surface area contributed by atoms with Crippen molar-refractivity contribution in [3.63, 3.8) is 0 Å². The molecule has 0 saturated heterocycles. The summed E-state index contributed by atoms with van der Waals surface area (Å²) < 4.78 is 0. The highest BCUT2D eigenvalue weighted by molar-refractivity contribution is 6.44. The fourth-order valence-electron chi connectivity index (χ4n) is 3.99. The van der Waals surface area contributed by atoms with Crippen molar-refractivity contribution < 1.29 is 19.5 Å². The molecule has 4 aromatic rings. The van der Waals surface area contributed by atoms with Crippen LogP contribution >= 0.6 is 23.2 Å². The molecule has 0 aliphatic carbocycles. The topological polar surface area (TPSA) is 108 Å². The van der Waals surface area contributed by atoms with Crippen LogP contribution in [0.25, 0.3) is 11.3 Å². The SMILES string of the molecule is O=C(Nc1ccc(-c2ccc(C(=O)CC(CCc3ccccc3)C(=O)O)cc2)nc1)Nc1cccc(Cl)c1Cl. The second kappa shape index (κ2) is 13.0. The van der Waals surface area contributed by atoms with Gasteiger partial charge in [-0.05, 0) is 42.7 Å². The molecule has 1 heterocycles. The lowest BCUT2D eigenvalue weighted by molar-refractivity contribution is -0.141. The summed E-state index contributed by atoms with van der Waals surface area (Å²) in [6.45, 7) is 0. The highest BCUT2D eigenvalue weighted by Crippen LogP contribution is 2.29. The summed E-state index contributed by atoms with van der Waals surface area (Å²) >= 11 is 12.1. The summed E-state index contributed by atoms with van der Waals surface area (Å²) in [6, 6.07) is 24.4. The predicted octanol–water partition coefficient (Wildman–Crippen LogP) is 7.61. The van der Waals surface area contributed by atoms with Crippen LogP contribution in [0.3, 0.4) is 0 Å². The Hall–Kier alpha value is -4.20. The van der Waals surface area contributed by atoms with Crippen LogP contribution in [0.4, 0.5) is 16.2 Å². The Morgan fingerprint density at radius 1 is 0.846 bits per heavy atom. The molecule has 0 radical (unpaired) electrons. The molecule has 0 fully saturated rings. The van der Waals surface area contributed by atoms with Crippen molar-refractivity contribution >= 4 is 52.4 Å². The van der Waals surface area contributed by atoms with Crippen molar-refractivity contribution in [2.24, 2.45) is 5.92 Å². The number of Topliss-reactive ketones (excluding diaryl/α,β-unsaturated/α-hetero) is 1. The number of halogens is 2. The van der Waals surface area contributed by atoms with E-state index in [1.165, 1.54) is 6.20 Å². The normalized spacial score (nSPS) is 11.4. The molecule has 0 aliphatic heterocycles. The van der Waals surface area contributed by atoms with E-state index in [2.05, 4.69) is 15.6 Å². The minimum atomic E-state index is -0.974. The van der Waals surface area contributed by atoms with Gasteiger partial charge in [0.15, 0.2) is 5.78 Å². The van der Waals surface area contributed by atoms with Crippen LogP contribution in [0.5, 0.6) is 0 Å². The fraction of sp³-hybridized carbons (Fsp3) is 0.133. The average molecular weight is 562 g/mol. The minimum Gasteiger partial charge on any atom is -0.481 e. The van der Waals surface area contributed by atoms with Crippen molar-refractivity contribution in [1.29, 1.82) is 0 Å². The second-order valence-electron chi connectivity index (χ2n) is 8.88. The molecule has 0 aliphatic rings. The Morgan fingerprint density at radius 2 is 1.59 bits per heavy atom. The maximum Gasteiger partial charge on any atom is 0.323 e. The van der Waals surface area contributed by atoms with E-state index >= 15 is 0 Å². The number of aromatic nitrogens is 1. The summed E-state index contributed by atoms with van der Waals surface area (Å²) in [6.07, 6.45) is 2.43. The molecule has 0 bridgehead atoms. The number of hydrogen-bond acceptors (Lipinski definition) is 4. The predicted molar refractivity (Wildman–Crippen MR) is 154 cm³/mol. The molecular weight excluding hydrogens is 537 g/mol. The van der Waals surface area contributed by atoms with Crippen molar-refractivity contribution in [2.75, 3.05) is 10.6 Å². The number of amides is 2. The number of carboxylic acids is 1. The quantitative estimate of drug-likeness (QED) is 0.173. The molecule has 198 valence electrons. The Balaban J connectivity index is 1.34. The van der Waals surface area contributed by atoms with Crippen molar-refractivity contribution in [2.45, 2.75) is 19.3 Å². The Bertz CT molecular complexity index is 1460. The van der Waals surface area contributed by atoms with Gasteiger partial charge in [0.05, 0.1) is 39.2 Å². The first-order chi connectivity index (χ1) is 18.8. The first kappa shape index (κ1) is 27.8. The van der Waals surface area contributed by atoms with Gasteiger partial charge in [0.1, 0.15) is 0 Å². The van der Waals surface area contributed by atoms with Gasteiger partial charge < -0.3 is 15.7 Å². The molecule has 2 amide bonds. The van der Waals surface area contributed by atoms with Gasteiger partial charge in [-0.15, -0.1) is 0 Å². The van der Waals surface area contributed by atoms with Crippen LogP contribution in [0.2, 0.25) is 10.0 Å². The largest absolute Gasteiger partial charge is 0.481 e. The molecule has 3 aromatic carbocycles. The molecule has 4 rings (SSSR count). The van der Waals surface area contributed by atoms with Crippen LogP contribution in [-0.2, 0) is 11.2 Å². The lowest BCUT2D eigenvalue weighted by atomic mass is 9.92. The smallest absolute Gasteiger partial charge is 0.323 e. The minimum absolute atomic E-state index is 0.0669. The number of urea groups is 1. The number of hydrogen-bond donors (Lipinski definition) is 3. The lowest BCUT2D eigenvalue weighted by Crippen LogP contribution is -2.19. The molecule has 3 N–H and O–H groups in total. The number of rotatable bonds is 10. The molecule has 7 nitrogen and oxygen atoms in total. The van der Waals surface area contributed by atoms with Gasteiger partial charge in [-0.25, -0.2) is 4.79 Å². The van der Waals surface area contributed by atoms with Gasteiger partial charge in [-0.3, -0.25) is 14.6 Å². The Labute approximate surface area is 235 Å². The number of aliphatic carboxylic acids is 1. The second-order valence-corrected chi connectivity index (χ2v) is 9.66. The van der Waals surface area contributed by atoms with Crippen LogP contribution in [0, 0.1) is 5.92 Å². The zero-order chi connectivity index (χ0) is 27.8. The number of ketones is 1. The third-order valence-corrected chi connectivity index (χ3v) is 6.95. The maximum atomic E-state index is 12.8. The van der Waals surface area contributed by atoms with E-state index in [-0.39, 0.29) is 17.2 Å². The van der Waals surface area contributed by atoms with Gasteiger partial charge >= 0.3 is 12.0 Å². The molecular formula is C30H25Cl2N3O4. The van der Waals surface area contributed by atoms with E-state index in [0.717, 1.165) is 11.1 Å². The Morgan fingerprint density at radius 3 is 2.26 bits per heavy atom. The molecule has 0 saturated carbocycles. The van der Waals surface area contributed by atoms with Crippen LogP contribution in [0.15, 0.2) is 91.1 Å². The van der Waals surface area contributed by atoms with E-state index in [1.807, 2.05) is 30.3 Å². The monoisotopic (exact) mass is 561 g/mol. The number of anilines is 2. The third-order valence-electron chi connectivity index (χ3n) is 6.13. The Kier molecular flexibility index (Phi) is 9.31. The van der Waals surface area contributed by atoms with Crippen LogP contribution < -0.4 is 10.6 Å². The summed E-state index contributed by atoms with van der Waals surface area (Å²) in [4.78, 5) is 41.2. The molecule has 1 aromatic heterocycles. The molecule has 9 heteroatoms. The number of carbonyl (C=O) groups excluding carboxylic acids is 2. The summed E-state index contributed by atoms with van der Waals surface area (Å²) in [5, 5.41) is 15.5. The van der Waals surface area contributed by atoms with E-state index in [9.17, 15) is 19.5 Å². The van der Waals surface area contributed by atoms with Crippen molar-refractivity contribution in [1.82, 2.24) is 4.98 Å². The van der Waals surface area contributed by atoms with Gasteiger partial charge in [0, 0.05) is 17.5 Å². The number of aryl methyl sites for hydroxylation is 1. The van der Waals surface area contributed by atoms with Gasteiger partial charge in [0.25, 0.3) is 0 Å². The zero-order valence-electron chi connectivity index (χ0n) is 20.7. The molecule has 1 unspecified atom stereocenters. The van der Waals surface area contributed by atoms with Gasteiger partial charge in [-0.1, -0.05) is 83.9 Å². The van der Waals surface area contributed by atoms with Crippen LogP contribution in [-0.4, -0.2) is 27.9 Å². The van der Waals surface area contributed by atoms with Crippen molar-refractivity contribution in [3.05, 3.63) is 112 Å². The highest BCUT2D eigenvalue weighted by Gasteiger charge is 2.22. The van der Waals surface area contributed by atoms with E-state index in [0.29, 0.717) is 40.5 Å². The number of pyridine rings is 1. The fourth-order valence-corrected chi connectivity index (χ4v) is 4.34. The number of carbonyl (C=O) groups is 3. The molecule has 39 heavy (non-hydrogen) atoms. The third kappa shape index (κ3) is 7.66. The maximum absolute atomic E-state index is 12.8. The zero-order valence-corrected chi connectivity index (χ0v) is 22.2. The standard InChI is InChI=1S/C30H25Cl2N3O4/c31-24-7-4-8-26(28(24)32)35-30(39)34-23-15-16-25(33-18-23)20-11-13-21(14-12-20)27(36)17-22(29(37)38)10-9-19-5-2-1-3-6-19/h1-8,11-16,18,22H,9-10,17H2,(H,37,38)(H2,34,35,39). The molecule has 1 atom stereocenters. The molecule has 0 spiro atoms.